The Morgan fingerprint density at radius 1 is 1.21 bits per heavy atom. The highest BCUT2D eigenvalue weighted by Crippen LogP contribution is 2.36. The molecule has 2 fully saturated rings. The summed E-state index contributed by atoms with van der Waals surface area (Å²) in [6.07, 6.45) is 3.54. The first-order valence-electron chi connectivity index (χ1n) is 8.97. The molecule has 2 heterocycles. The van der Waals surface area contributed by atoms with Gasteiger partial charge < -0.3 is 10.2 Å². The van der Waals surface area contributed by atoms with Gasteiger partial charge in [0.15, 0.2) is 5.96 Å². The van der Waals surface area contributed by atoms with Crippen molar-refractivity contribution in [1.82, 2.24) is 14.5 Å². The molecule has 2 rings (SSSR count). The zero-order chi connectivity index (χ0) is 17.6. The second-order valence-corrected chi connectivity index (χ2v) is 9.99. The maximum atomic E-state index is 12.4. The molecule has 0 bridgehead atoms. The molecule has 24 heavy (non-hydrogen) atoms. The number of likely N-dealkylation sites (tertiary alicyclic amines) is 1. The van der Waals surface area contributed by atoms with E-state index in [4.69, 9.17) is 0 Å². The van der Waals surface area contributed by atoms with Crippen molar-refractivity contribution in [1.29, 1.82) is 0 Å². The van der Waals surface area contributed by atoms with Crippen molar-refractivity contribution in [2.24, 2.45) is 10.4 Å². The molecule has 0 spiro atoms. The molecule has 0 aromatic rings. The van der Waals surface area contributed by atoms with Gasteiger partial charge in [0.1, 0.15) is 0 Å². The quantitative estimate of drug-likeness (QED) is 0.561. The number of aliphatic imine (C=N–C) groups is 1. The van der Waals surface area contributed by atoms with Crippen molar-refractivity contribution in [3.05, 3.63) is 0 Å². The number of hydrogen-bond acceptors (Lipinski definition) is 4. The van der Waals surface area contributed by atoms with Crippen molar-refractivity contribution in [3.8, 4) is 0 Å². The Morgan fingerprint density at radius 2 is 1.88 bits per heavy atom. The van der Waals surface area contributed by atoms with Crippen LogP contribution in [-0.2, 0) is 10.0 Å². The minimum absolute atomic E-state index is 0.136. The van der Waals surface area contributed by atoms with Crippen molar-refractivity contribution in [2.75, 3.05) is 57.0 Å². The van der Waals surface area contributed by atoms with Gasteiger partial charge in [0.25, 0.3) is 0 Å². The smallest absolute Gasteiger partial charge is 0.215 e. The molecule has 140 valence electrons. The van der Waals surface area contributed by atoms with Gasteiger partial charge in [0.05, 0.1) is 5.75 Å². The molecule has 0 aromatic heterocycles. The van der Waals surface area contributed by atoms with E-state index in [1.165, 1.54) is 19.3 Å². The molecule has 8 heteroatoms. The van der Waals surface area contributed by atoms with Crippen LogP contribution >= 0.6 is 11.8 Å². The zero-order valence-corrected chi connectivity index (χ0v) is 16.9. The lowest BCUT2D eigenvalue weighted by Gasteiger charge is -2.28. The lowest BCUT2D eigenvalue weighted by molar-refractivity contribution is 0.276. The zero-order valence-electron chi connectivity index (χ0n) is 15.3. The monoisotopic (exact) mass is 376 g/mol. The van der Waals surface area contributed by atoms with E-state index in [2.05, 4.69) is 29.1 Å². The summed E-state index contributed by atoms with van der Waals surface area (Å²) in [5, 5.41) is 3.26. The maximum Gasteiger partial charge on any atom is 0.215 e. The van der Waals surface area contributed by atoms with Gasteiger partial charge in [-0.2, -0.15) is 11.8 Å². The lowest BCUT2D eigenvalue weighted by atomic mass is 9.82. The van der Waals surface area contributed by atoms with E-state index in [0.29, 0.717) is 25.0 Å². The van der Waals surface area contributed by atoms with E-state index in [9.17, 15) is 8.42 Å². The highest BCUT2D eigenvalue weighted by atomic mass is 32.2. The SMILES string of the molecule is CCC1(CC)CCN(C(=NC)NCCS(=O)(=O)N2CCSCC2)C1. The number of guanidine groups is 1. The molecule has 0 radical (unpaired) electrons. The van der Waals surface area contributed by atoms with Crippen LogP contribution in [0.3, 0.4) is 0 Å². The van der Waals surface area contributed by atoms with E-state index >= 15 is 0 Å². The molecular formula is C16H32N4O2S2. The topological polar surface area (TPSA) is 65.0 Å². The molecule has 1 N–H and O–H groups in total. The Bertz CT molecular complexity index is 526. The normalized spacial score (nSPS) is 22.8. The first-order chi connectivity index (χ1) is 11.5. The van der Waals surface area contributed by atoms with Crippen molar-refractivity contribution < 1.29 is 8.42 Å². The summed E-state index contributed by atoms with van der Waals surface area (Å²) < 4.78 is 26.4. The van der Waals surface area contributed by atoms with Gasteiger partial charge in [-0.3, -0.25) is 4.99 Å². The molecule has 0 amide bonds. The highest BCUT2D eigenvalue weighted by Gasteiger charge is 2.36. The van der Waals surface area contributed by atoms with Crippen LogP contribution in [0.25, 0.3) is 0 Å². The molecule has 0 saturated carbocycles. The number of sulfonamides is 1. The summed E-state index contributed by atoms with van der Waals surface area (Å²) in [6, 6.07) is 0. The van der Waals surface area contributed by atoms with E-state index < -0.39 is 10.0 Å². The third-order valence-electron chi connectivity index (χ3n) is 5.46. The van der Waals surface area contributed by atoms with Crippen LogP contribution in [0.1, 0.15) is 33.1 Å². The van der Waals surface area contributed by atoms with Gasteiger partial charge in [0, 0.05) is 51.3 Å². The largest absolute Gasteiger partial charge is 0.355 e. The van der Waals surface area contributed by atoms with Crippen molar-refractivity contribution >= 4 is 27.7 Å². The van der Waals surface area contributed by atoms with Crippen molar-refractivity contribution in [3.63, 3.8) is 0 Å². The Morgan fingerprint density at radius 3 is 2.42 bits per heavy atom. The van der Waals surface area contributed by atoms with Crippen LogP contribution in [-0.4, -0.2) is 80.6 Å². The van der Waals surface area contributed by atoms with Gasteiger partial charge in [-0.15, -0.1) is 0 Å². The summed E-state index contributed by atoms with van der Waals surface area (Å²) in [5.74, 6) is 2.77. The van der Waals surface area contributed by atoms with Gasteiger partial charge in [-0.05, 0) is 24.7 Å². The molecule has 0 aromatic carbocycles. The predicted octanol–water partition coefficient (Wildman–Crippen LogP) is 1.45. The first kappa shape index (κ1) is 19.8. The van der Waals surface area contributed by atoms with Gasteiger partial charge in [-0.25, -0.2) is 12.7 Å². The number of nitrogens with one attached hydrogen (secondary N) is 1. The fourth-order valence-electron chi connectivity index (χ4n) is 3.52. The van der Waals surface area contributed by atoms with Crippen LogP contribution < -0.4 is 5.32 Å². The van der Waals surface area contributed by atoms with Crippen LogP contribution in [0, 0.1) is 5.41 Å². The van der Waals surface area contributed by atoms with Gasteiger partial charge in [0.2, 0.25) is 10.0 Å². The number of thioether (sulfide) groups is 1. The Kier molecular flexibility index (Phi) is 7.24. The molecule has 2 aliphatic rings. The van der Waals surface area contributed by atoms with Gasteiger partial charge >= 0.3 is 0 Å². The fourth-order valence-corrected chi connectivity index (χ4v) is 6.01. The van der Waals surface area contributed by atoms with E-state index in [0.717, 1.165) is 30.6 Å². The van der Waals surface area contributed by atoms with Crippen LogP contribution in [0.2, 0.25) is 0 Å². The molecule has 0 atom stereocenters. The molecule has 2 saturated heterocycles. The van der Waals surface area contributed by atoms with E-state index in [-0.39, 0.29) is 5.75 Å². The molecule has 0 unspecified atom stereocenters. The highest BCUT2D eigenvalue weighted by molar-refractivity contribution is 7.99. The molecular weight excluding hydrogens is 344 g/mol. The summed E-state index contributed by atoms with van der Waals surface area (Å²) in [6.45, 7) is 8.22. The number of hydrogen-bond donors (Lipinski definition) is 1. The molecule has 2 aliphatic heterocycles. The number of rotatable bonds is 6. The molecule has 6 nitrogen and oxygen atoms in total. The molecule has 0 aliphatic carbocycles. The third kappa shape index (κ3) is 4.79. The average Bonchev–Trinajstić information content (AvgIpc) is 3.04. The minimum atomic E-state index is -3.16. The summed E-state index contributed by atoms with van der Waals surface area (Å²) in [7, 11) is -1.38. The summed E-state index contributed by atoms with van der Waals surface area (Å²) in [4.78, 5) is 6.63. The van der Waals surface area contributed by atoms with Crippen molar-refractivity contribution in [2.45, 2.75) is 33.1 Å². The van der Waals surface area contributed by atoms with Crippen LogP contribution in [0.5, 0.6) is 0 Å². The third-order valence-corrected chi connectivity index (χ3v) is 8.27. The second-order valence-electron chi connectivity index (χ2n) is 6.68. The fraction of sp³-hybridized carbons (Fsp3) is 0.938. The summed E-state index contributed by atoms with van der Waals surface area (Å²) >= 11 is 1.82. The average molecular weight is 377 g/mol. The van der Waals surface area contributed by atoms with Crippen LogP contribution in [0.4, 0.5) is 0 Å². The standard InChI is InChI=1S/C16H32N4O2S2/c1-4-16(5-2)6-8-19(14-16)15(17-3)18-7-13-24(21,22)20-9-11-23-12-10-20/h4-14H2,1-3H3,(H,17,18). The van der Waals surface area contributed by atoms with Crippen LogP contribution in [0.15, 0.2) is 4.99 Å². The lowest BCUT2D eigenvalue weighted by Crippen LogP contribution is -2.45. The first-order valence-corrected chi connectivity index (χ1v) is 11.7. The van der Waals surface area contributed by atoms with E-state index in [1.54, 1.807) is 11.4 Å². The second kappa shape index (κ2) is 8.76. The van der Waals surface area contributed by atoms with Gasteiger partial charge in [-0.1, -0.05) is 13.8 Å². The predicted molar refractivity (Wildman–Crippen MR) is 103 cm³/mol. The maximum absolute atomic E-state index is 12.4. The Hall–Kier alpha value is -0.470. The number of nitrogens with zero attached hydrogens (tertiary/aromatic N) is 3. The Labute approximate surface area is 151 Å². The minimum Gasteiger partial charge on any atom is -0.355 e. The Balaban J connectivity index is 1.84. The summed E-state index contributed by atoms with van der Waals surface area (Å²) in [5.41, 5.74) is 0.384. The van der Waals surface area contributed by atoms with E-state index in [1.807, 2.05) is 11.8 Å².